The average Bonchev–Trinajstić information content (AvgIpc) is 3.69. The number of rotatable bonds is 12. The monoisotopic (exact) mass is 478 g/mol. The van der Waals surface area contributed by atoms with E-state index in [-0.39, 0.29) is 18.6 Å². The van der Waals surface area contributed by atoms with Gasteiger partial charge in [0.15, 0.2) is 0 Å². The lowest BCUT2D eigenvalue weighted by Crippen LogP contribution is -2.49. The molecule has 1 saturated carbocycles. The van der Waals surface area contributed by atoms with Crippen molar-refractivity contribution >= 4 is 18.1 Å². The Labute approximate surface area is 208 Å². The molecule has 1 aromatic heterocycles. The molecular formula is C28H36N3O4-. The fourth-order valence-electron chi connectivity index (χ4n) is 4.47. The Balaban J connectivity index is 1.59. The van der Waals surface area contributed by atoms with Gasteiger partial charge in [0, 0.05) is 49.7 Å². The normalized spacial score (nSPS) is 18.3. The second kappa shape index (κ2) is 12.2. The van der Waals surface area contributed by atoms with Crippen LogP contribution in [-0.2, 0) is 34.0 Å². The van der Waals surface area contributed by atoms with Crippen molar-refractivity contribution in [2.75, 3.05) is 26.3 Å². The molecule has 35 heavy (non-hydrogen) atoms. The maximum Gasteiger partial charge on any atom is 0.253 e. The van der Waals surface area contributed by atoms with E-state index in [0.29, 0.717) is 39.3 Å². The molecule has 0 radical (unpaired) electrons. The molecule has 2 heterocycles. The quantitative estimate of drug-likeness (QED) is 0.475. The molecule has 4 rings (SSSR count). The number of aromatic nitrogens is 1. The van der Waals surface area contributed by atoms with Crippen LogP contribution in [0.1, 0.15) is 48.6 Å². The first-order valence-corrected chi connectivity index (χ1v) is 12.5. The van der Waals surface area contributed by atoms with E-state index < -0.39 is 6.10 Å². The van der Waals surface area contributed by atoms with E-state index >= 15 is 0 Å². The number of aryl methyl sites for hydroxylation is 1. The van der Waals surface area contributed by atoms with E-state index in [4.69, 9.17) is 9.47 Å². The number of carbonyl (C=O) groups is 1. The van der Waals surface area contributed by atoms with Crippen LogP contribution in [-0.4, -0.2) is 53.8 Å². The van der Waals surface area contributed by atoms with Gasteiger partial charge in [-0.05, 0) is 43.0 Å². The second-order valence-corrected chi connectivity index (χ2v) is 9.20. The first kappa shape index (κ1) is 25.2. The Kier molecular flexibility index (Phi) is 8.79. The highest BCUT2D eigenvalue weighted by Gasteiger charge is 2.37. The van der Waals surface area contributed by atoms with Crippen LogP contribution in [0.3, 0.4) is 0 Å². The molecule has 0 spiro atoms. The van der Waals surface area contributed by atoms with Gasteiger partial charge in [-0.3, -0.25) is 4.79 Å². The molecule has 7 nitrogen and oxygen atoms in total. The smallest absolute Gasteiger partial charge is 0.253 e. The highest BCUT2D eigenvalue weighted by molar-refractivity contribution is 5.82. The summed E-state index contributed by atoms with van der Waals surface area (Å²) in [5, 5.41) is 14.4. The van der Waals surface area contributed by atoms with Crippen LogP contribution in [0.5, 0.6) is 0 Å². The number of ether oxygens (including phenoxy) is 2. The summed E-state index contributed by atoms with van der Waals surface area (Å²) in [5.41, 5.74) is 4.05. The van der Waals surface area contributed by atoms with Crippen LogP contribution >= 0.6 is 0 Å². The zero-order chi connectivity index (χ0) is 24.6. The minimum atomic E-state index is -0.444. The van der Waals surface area contributed by atoms with Crippen LogP contribution in [0.15, 0.2) is 48.9 Å². The Hall–Kier alpha value is -2.87. The van der Waals surface area contributed by atoms with Gasteiger partial charge in [0.05, 0.1) is 12.4 Å². The molecule has 1 aliphatic carbocycles. The molecule has 0 bridgehead atoms. The lowest BCUT2D eigenvalue weighted by atomic mass is 10.1. The Morgan fingerprint density at radius 2 is 2.14 bits per heavy atom. The maximum atomic E-state index is 13.4. The van der Waals surface area contributed by atoms with Gasteiger partial charge < -0.3 is 29.4 Å². The number of carbonyl (C=O) groups excluding carboxylic acids is 1. The van der Waals surface area contributed by atoms with Crippen molar-refractivity contribution in [1.82, 2.24) is 14.8 Å². The maximum absolute atomic E-state index is 13.4. The van der Waals surface area contributed by atoms with Crippen molar-refractivity contribution in [2.24, 2.45) is 0 Å². The Morgan fingerprint density at radius 1 is 1.34 bits per heavy atom. The lowest BCUT2D eigenvalue weighted by Gasteiger charge is -2.30. The van der Waals surface area contributed by atoms with Gasteiger partial charge in [-0.1, -0.05) is 43.3 Å². The van der Waals surface area contributed by atoms with Gasteiger partial charge in [0.2, 0.25) is 0 Å². The largest absolute Gasteiger partial charge is 0.854 e. The third-order valence-corrected chi connectivity index (χ3v) is 6.45. The number of benzene rings is 1. The number of morpholine rings is 1. The number of hydrogen-bond donors (Lipinski definition) is 1. The summed E-state index contributed by atoms with van der Waals surface area (Å²) in [4.78, 5) is 15.3. The molecule has 1 amide bonds. The summed E-state index contributed by atoms with van der Waals surface area (Å²) in [5.74, 6) is 0.822. The van der Waals surface area contributed by atoms with Crippen molar-refractivity contribution in [3.05, 3.63) is 71.3 Å². The van der Waals surface area contributed by atoms with Crippen LogP contribution in [0.4, 0.5) is 0 Å². The zero-order valence-corrected chi connectivity index (χ0v) is 20.6. The standard InChI is InChI=1S/C28H36N3O4/c1-3-26-25(16-21(2)35-20-22-8-5-4-6-9-22)23(18-30(26)13-7-14-32)19-31(24-10-11-24)28(33)27-17-29-12-15-34-27/h3-6,8-9,16,18,24,27,29H,1,7,10-15,17,19-20H2,2H3/q-1/b21-16+/t27-/m1/s1. The van der Waals surface area contributed by atoms with E-state index in [0.717, 1.165) is 47.5 Å². The van der Waals surface area contributed by atoms with Gasteiger partial charge >= 0.3 is 0 Å². The summed E-state index contributed by atoms with van der Waals surface area (Å²) in [6, 6.07) is 10.3. The van der Waals surface area contributed by atoms with Crippen LogP contribution in [0, 0.1) is 0 Å². The third kappa shape index (κ3) is 6.63. The first-order valence-electron chi connectivity index (χ1n) is 12.5. The molecule has 188 valence electrons. The fraction of sp³-hybridized carbons (Fsp3) is 0.464. The van der Waals surface area contributed by atoms with Crippen molar-refractivity contribution in [1.29, 1.82) is 0 Å². The van der Waals surface area contributed by atoms with E-state index in [1.165, 1.54) is 0 Å². The molecule has 7 heteroatoms. The van der Waals surface area contributed by atoms with Gasteiger partial charge in [-0.25, -0.2) is 0 Å². The summed E-state index contributed by atoms with van der Waals surface area (Å²) < 4.78 is 13.9. The number of allylic oxidation sites excluding steroid dienone is 1. The van der Waals surface area contributed by atoms with Crippen LogP contribution in [0.2, 0.25) is 0 Å². The lowest BCUT2D eigenvalue weighted by molar-refractivity contribution is -0.368. The molecule has 0 unspecified atom stereocenters. The molecule has 1 aromatic carbocycles. The highest BCUT2D eigenvalue weighted by atomic mass is 16.5. The molecule has 1 atom stereocenters. The predicted octanol–water partition coefficient (Wildman–Crippen LogP) is 2.94. The molecule has 1 saturated heterocycles. The van der Waals surface area contributed by atoms with Crippen LogP contribution in [0.25, 0.3) is 12.2 Å². The van der Waals surface area contributed by atoms with Gasteiger partial charge in [-0.2, -0.15) is 0 Å². The Bertz CT molecular complexity index is 1020. The molecule has 1 N–H and O–H groups in total. The van der Waals surface area contributed by atoms with Crippen molar-refractivity contribution in [2.45, 2.75) is 58.0 Å². The second-order valence-electron chi connectivity index (χ2n) is 9.20. The van der Waals surface area contributed by atoms with Gasteiger partial charge in [0.1, 0.15) is 12.7 Å². The average molecular weight is 479 g/mol. The summed E-state index contributed by atoms with van der Waals surface area (Å²) in [7, 11) is 0. The molecular weight excluding hydrogens is 442 g/mol. The van der Waals surface area contributed by atoms with Crippen LogP contribution < -0.4 is 10.4 Å². The minimum Gasteiger partial charge on any atom is -0.854 e. The topological polar surface area (TPSA) is 78.8 Å². The van der Waals surface area contributed by atoms with Gasteiger partial charge in [-0.15, -0.1) is 6.61 Å². The first-order chi connectivity index (χ1) is 17.1. The number of nitrogens with one attached hydrogen (secondary N) is 1. The summed E-state index contributed by atoms with van der Waals surface area (Å²) >= 11 is 0. The molecule has 2 aromatic rings. The molecule has 1 aliphatic heterocycles. The van der Waals surface area contributed by atoms with E-state index in [2.05, 4.69) is 22.7 Å². The molecule has 2 aliphatic rings. The van der Waals surface area contributed by atoms with Crippen molar-refractivity contribution in [3.8, 4) is 0 Å². The summed E-state index contributed by atoms with van der Waals surface area (Å²) in [6.45, 7) is 9.30. The number of amides is 1. The van der Waals surface area contributed by atoms with Crippen molar-refractivity contribution < 1.29 is 19.4 Å². The predicted molar refractivity (Wildman–Crippen MR) is 135 cm³/mol. The third-order valence-electron chi connectivity index (χ3n) is 6.45. The highest BCUT2D eigenvalue weighted by Crippen LogP contribution is 2.32. The zero-order valence-electron chi connectivity index (χ0n) is 20.6. The van der Waals surface area contributed by atoms with E-state index in [1.54, 1.807) is 0 Å². The molecule has 2 fully saturated rings. The summed E-state index contributed by atoms with van der Waals surface area (Å²) in [6.07, 6.45) is 8.03. The minimum absolute atomic E-state index is 0.0409. The number of nitrogens with zero attached hydrogens (tertiary/aromatic N) is 2. The SMILES string of the molecule is C=Cc1c(/C=C(\C)OCc2ccccc2)c(CN(C(=O)[C@H]2CNCCO2)C2CC2)cn1CCC[O-]. The Morgan fingerprint density at radius 3 is 2.80 bits per heavy atom. The van der Waals surface area contributed by atoms with Crippen molar-refractivity contribution in [3.63, 3.8) is 0 Å². The van der Waals surface area contributed by atoms with Gasteiger partial charge in [0.25, 0.3) is 5.91 Å². The van der Waals surface area contributed by atoms with E-state index in [1.807, 2.05) is 54.3 Å². The number of hydrogen-bond acceptors (Lipinski definition) is 5. The fourth-order valence-corrected chi connectivity index (χ4v) is 4.47. The van der Waals surface area contributed by atoms with E-state index in [9.17, 15) is 9.90 Å².